The van der Waals surface area contributed by atoms with Crippen molar-refractivity contribution in [2.45, 2.75) is 56.7 Å². The van der Waals surface area contributed by atoms with Gasteiger partial charge in [0.05, 0.1) is 5.69 Å². The fourth-order valence-electron chi connectivity index (χ4n) is 3.40. The van der Waals surface area contributed by atoms with Crippen LogP contribution in [-0.2, 0) is 0 Å². The van der Waals surface area contributed by atoms with Crippen molar-refractivity contribution in [3.05, 3.63) is 24.0 Å². The topological polar surface area (TPSA) is 35.5 Å². The monoisotopic (exact) mass is 278 g/mol. The van der Waals surface area contributed by atoms with Crippen molar-refractivity contribution < 1.29 is 9.50 Å². The smallest absolute Gasteiger partial charge is 0.141 e. The molecule has 1 aromatic rings. The number of nitrogens with zero attached hydrogens (tertiary/aromatic N) is 1. The Balaban J connectivity index is 1.79. The maximum absolute atomic E-state index is 13.2. The molecule has 0 bridgehead atoms. The van der Waals surface area contributed by atoms with Crippen LogP contribution in [0.25, 0.3) is 0 Å². The number of phenolic OH excluding ortho intramolecular Hbond substituents is 1. The second-order valence-electron chi connectivity index (χ2n) is 6.07. The number of halogens is 1. The Kier molecular flexibility index (Phi) is 3.83. The van der Waals surface area contributed by atoms with Gasteiger partial charge in [-0.3, -0.25) is 0 Å². The molecule has 2 fully saturated rings. The van der Waals surface area contributed by atoms with E-state index in [-0.39, 0.29) is 11.6 Å². The molecule has 2 aliphatic carbocycles. The summed E-state index contributed by atoms with van der Waals surface area (Å²) in [7, 11) is 2.02. The van der Waals surface area contributed by atoms with E-state index in [4.69, 9.17) is 0 Å². The Labute approximate surface area is 119 Å². The third-order valence-electron chi connectivity index (χ3n) is 4.65. The summed E-state index contributed by atoms with van der Waals surface area (Å²) >= 11 is 0. The van der Waals surface area contributed by atoms with Gasteiger partial charge in [-0.15, -0.1) is 0 Å². The van der Waals surface area contributed by atoms with Crippen LogP contribution in [0, 0.1) is 5.82 Å². The van der Waals surface area contributed by atoms with Crippen LogP contribution < -0.4 is 10.2 Å². The second kappa shape index (κ2) is 5.60. The first-order valence-electron chi connectivity index (χ1n) is 7.63. The number of anilines is 1. The number of phenols is 1. The van der Waals surface area contributed by atoms with Crippen molar-refractivity contribution in [1.29, 1.82) is 0 Å². The zero-order chi connectivity index (χ0) is 14.1. The lowest BCUT2D eigenvalue weighted by molar-refractivity contribution is 0.341. The maximum Gasteiger partial charge on any atom is 0.141 e. The van der Waals surface area contributed by atoms with Gasteiger partial charge in [0.1, 0.15) is 11.6 Å². The minimum atomic E-state index is -0.374. The number of nitrogens with one attached hydrogen (secondary N) is 1. The highest BCUT2D eigenvalue weighted by molar-refractivity contribution is 5.60. The third-order valence-corrected chi connectivity index (χ3v) is 4.65. The number of rotatable bonds is 4. The second-order valence-corrected chi connectivity index (χ2v) is 6.07. The zero-order valence-corrected chi connectivity index (χ0v) is 12.0. The minimum absolute atomic E-state index is 0.0765. The molecule has 0 heterocycles. The molecule has 4 heteroatoms. The molecule has 0 radical (unpaired) electrons. The molecule has 0 atom stereocenters. The van der Waals surface area contributed by atoms with Crippen LogP contribution in [0.5, 0.6) is 5.75 Å². The van der Waals surface area contributed by atoms with E-state index in [2.05, 4.69) is 10.2 Å². The predicted octanol–water partition coefficient (Wildman–Crippen LogP) is 3.03. The predicted molar refractivity (Wildman–Crippen MR) is 78.7 cm³/mol. The Morgan fingerprint density at radius 2 is 1.70 bits per heavy atom. The first-order valence-corrected chi connectivity index (χ1v) is 7.63. The summed E-state index contributed by atoms with van der Waals surface area (Å²) in [5, 5.41) is 13.4. The molecule has 2 N–H and O–H groups in total. The average Bonchev–Trinajstić information content (AvgIpc) is 3.27. The normalized spacial score (nSPS) is 26.5. The molecule has 3 nitrogen and oxygen atoms in total. The average molecular weight is 278 g/mol. The summed E-state index contributed by atoms with van der Waals surface area (Å²) in [6.07, 6.45) is 6.99. The largest absolute Gasteiger partial charge is 0.506 e. The lowest BCUT2D eigenvalue weighted by Gasteiger charge is -2.39. The van der Waals surface area contributed by atoms with Crippen molar-refractivity contribution >= 4 is 5.69 Å². The Hall–Kier alpha value is -1.29. The van der Waals surface area contributed by atoms with Gasteiger partial charge < -0.3 is 15.3 Å². The van der Waals surface area contributed by atoms with Crippen molar-refractivity contribution in [3.63, 3.8) is 0 Å². The van der Waals surface area contributed by atoms with Gasteiger partial charge in [0, 0.05) is 24.2 Å². The number of aromatic hydroxyl groups is 1. The van der Waals surface area contributed by atoms with Crippen LogP contribution in [-0.4, -0.2) is 30.3 Å². The summed E-state index contributed by atoms with van der Waals surface area (Å²) in [6.45, 7) is 0. The SMILES string of the molecule is CN[C@H]1CC[C@H](N(c2ccc(F)cc2O)C2CC2)CC1. The maximum atomic E-state index is 13.2. The van der Waals surface area contributed by atoms with Gasteiger partial charge in [0.25, 0.3) is 0 Å². The lowest BCUT2D eigenvalue weighted by atomic mass is 9.89. The van der Waals surface area contributed by atoms with Crippen molar-refractivity contribution in [2.75, 3.05) is 11.9 Å². The molecule has 0 amide bonds. The first-order chi connectivity index (χ1) is 9.69. The van der Waals surface area contributed by atoms with Crippen LogP contribution in [0.4, 0.5) is 10.1 Å². The van der Waals surface area contributed by atoms with E-state index in [1.807, 2.05) is 7.05 Å². The molecular formula is C16H23FN2O. The summed E-state index contributed by atoms with van der Waals surface area (Å²) in [5.41, 5.74) is 0.807. The quantitative estimate of drug-likeness (QED) is 0.888. The Bertz CT molecular complexity index is 468. The third kappa shape index (κ3) is 2.75. The minimum Gasteiger partial charge on any atom is -0.506 e. The van der Waals surface area contributed by atoms with E-state index in [0.717, 1.165) is 18.5 Å². The standard InChI is InChI=1S/C16H23FN2O/c1-18-12-3-5-13(6-4-12)19(14-7-8-14)15-9-2-11(17)10-16(15)20/h2,9-10,12-14,18,20H,3-8H2,1H3/t12-,13-. The van der Waals surface area contributed by atoms with Crippen LogP contribution in [0.15, 0.2) is 18.2 Å². The van der Waals surface area contributed by atoms with E-state index in [1.54, 1.807) is 6.07 Å². The molecule has 20 heavy (non-hydrogen) atoms. The van der Waals surface area contributed by atoms with Crippen LogP contribution in [0.2, 0.25) is 0 Å². The van der Waals surface area contributed by atoms with E-state index in [9.17, 15) is 9.50 Å². The van der Waals surface area contributed by atoms with E-state index >= 15 is 0 Å². The molecular weight excluding hydrogens is 255 g/mol. The van der Waals surface area contributed by atoms with Crippen molar-refractivity contribution in [1.82, 2.24) is 5.32 Å². The highest BCUT2D eigenvalue weighted by Crippen LogP contribution is 2.41. The van der Waals surface area contributed by atoms with Crippen molar-refractivity contribution in [3.8, 4) is 5.75 Å². The Morgan fingerprint density at radius 1 is 1.10 bits per heavy atom. The summed E-state index contributed by atoms with van der Waals surface area (Å²) in [5.74, 6) is -0.298. The molecule has 0 aliphatic heterocycles. The molecule has 1 aromatic carbocycles. The summed E-state index contributed by atoms with van der Waals surface area (Å²) in [4.78, 5) is 2.35. The number of benzene rings is 1. The number of hydrogen-bond acceptors (Lipinski definition) is 3. The van der Waals surface area contributed by atoms with Crippen LogP contribution >= 0.6 is 0 Å². The fourth-order valence-corrected chi connectivity index (χ4v) is 3.40. The molecule has 0 spiro atoms. The Morgan fingerprint density at radius 3 is 2.20 bits per heavy atom. The van der Waals surface area contributed by atoms with E-state index < -0.39 is 0 Å². The van der Waals surface area contributed by atoms with E-state index in [0.29, 0.717) is 18.1 Å². The van der Waals surface area contributed by atoms with Gasteiger partial charge in [-0.05, 0) is 57.7 Å². The van der Waals surface area contributed by atoms with Gasteiger partial charge in [0.15, 0.2) is 0 Å². The zero-order valence-electron chi connectivity index (χ0n) is 12.0. The van der Waals surface area contributed by atoms with Crippen molar-refractivity contribution in [2.24, 2.45) is 0 Å². The summed E-state index contributed by atoms with van der Waals surface area (Å²) < 4.78 is 13.2. The molecule has 110 valence electrons. The molecule has 0 aromatic heterocycles. The molecule has 0 unspecified atom stereocenters. The van der Waals surface area contributed by atoms with Gasteiger partial charge in [-0.1, -0.05) is 0 Å². The van der Waals surface area contributed by atoms with Gasteiger partial charge >= 0.3 is 0 Å². The molecule has 3 rings (SSSR count). The van der Waals surface area contributed by atoms with Gasteiger partial charge in [-0.2, -0.15) is 0 Å². The highest BCUT2D eigenvalue weighted by atomic mass is 19.1. The first kappa shape index (κ1) is 13.7. The fraction of sp³-hybridized carbons (Fsp3) is 0.625. The molecule has 0 saturated heterocycles. The number of hydrogen-bond donors (Lipinski definition) is 2. The lowest BCUT2D eigenvalue weighted by Crippen LogP contribution is -2.43. The van der Waals surface area contributed by atoms with Crippen LogP contribution in [0.1, 0.15) is 38.5 Å². The van der Waals surface area contributed by atoms with Gasteiger partial charge in [-0.25, -0.2) is 4.39 Å². The molecule has 2 aliphatic rings. The van der Waals surface area contributed by atoms with E-state index in [1.165, 1.54) is 37.8 Å². The molecule has 2 saturated carbocycles. The van der Waals surface area contributed by atoms with Crippen LogP contribution in [0.3, 0.4) is 0 Å². The van der Waals surface area contributed by atoms with Gasteiger partial charge in [0.2, 0.25) is 0 Å². The highest BCUT2D eigenvalue weighted by Gasteiger charge is 2.36. The summed E-state index contributed by atoms with van der Waals surface area (Å²) in [6, 6.07) is 6.03.